The van der Waals surface area contributed by atoms with Crippen molar-refractivity contribution < 1.29 is 8.42 Å². The summed E-state index contributed by atoms with van der Waals surface area (Å²) >= 11 is 0. The first-order chi connectivity index (χ1) is 12.6. The van der Waals surface area contributed by atoms with Crippen LogP contribution in [0.15, 0.2) is 41.3 Å². The Morgan fingerprint density at radius 2 is 2.00 bits per heavy atom. The molecule has 1 aliphatic rings. The zero-order valence-electron chi connectivity index (χ0n) is 15.9. The number of fused-ring (bicyclic) bond motifs is 1. The van der Waals surface area contributed by atoms with Gasteiger partial charge in [0.25, 0.3) is 0 Å². The van der Waals surface area contributed by atoms with Crippen LogP contribution >= 0.6 is 0 Å². The van der Waals surface area contributed by atoms with Gasteiger partial charge >= 0.3 is 0 Å². The van der Waals surface area contributed by atoms with Gasteiger partial charge in [0, 0.05) is 25.2 Å². The number of hydrogen-bond donors (Lipinski definition) is 2. The van der Waals surface area contributed by atoms with Crippen molar-refractivity contribution in [3.8, 4) is 0 Å². The van der Waals surface area contributed by atoms with E-state index in [0.29, 0.717) is 17.9 Å². The number of nitrogens with one attached hydrogen (secondary N) is 2. The first-order valence-electron chi connectivity index (χ1n) is 9.40. The predicted octanol–water partition coefficient (Wildman–Crippen LogP) is 3.55. The Labute approximate surface area is 157 Å². The van der Waals surface area contributed by atoms with E-state index in [-0.39, 0.29) is 0 Å². The summed E-state index contributed by atoms with van der Waals surface area (Å²) in [6, 6.07) is 11.1. The number of aryl methyl sites for hydroxylation is 2. The second kappa shape index (κ2) is 9.69. The maximum absolute atomic E-state index is 12.4. The lowest BCUT2D eigenvalue weighted by molar-refractivity contribution is 0.581. The highest BCUT2D eigenvalue weighted by Crippen LogP contribution is 2.19. The van der Waals surface area contributed by atoms with Gasteiger partial charge in [0.15, 0.2) is 0 Å². The van der Waals surface area contributed by atoms with Crippen LogP contribution in [0.5, 0.6) is 0 Å². The largest absolute Gasteiger partial charge is 0.370 e. The van der Waals surface area contributed by atoms with Gasteiger partial charge in [-0.25, -0.2) is 18.1 Å². The average molecular weight is 376 g/mol. The van der Waals surface area contributed by atoms with Crippen LogP contribution in [-0.4, -0.2) is 26.5 Å². The Kier molecular flexibility index (Phi) is 7.60. The minimum atomic E-state index is -3.47. The Morgan fingerprint density at radius 3 is 2.77 bits per heavy atom. The van der Waals surface area contributed by atoms with Gasteiger partial charge in [0.05, 0.1) is 4.90 Å². The van der Waals surface area contributed by atoms with E-state index < -0.39 is 10.0 Å². The first kappa shape index (κ1) is 20.4. The maximum Gasteiger partial charge on any atom is 0.240 e. The summed E-state index contributed by atoms with van der Waals surface area (Å²) in [7, 11) is -3.47. The van der Waals surface area contributed by atoms with Gasteiger partial charge in [0.1, 0.15) is 5.82 Å². The molecule has 2 heterocycles. The van der Waals surface area contributed by atoms with Crippen LogP contribution in [0.2, 0.25) is 0 Å². The molecule has 2 N–H and O–H groups in total. The second-order valence-electron chi connectivity index (χ2n) is 5.99. The first-order valence-corrected chi connectivity index (χ1v) is 10.9. The lowest BCUT2D eigenvalue weighted by Gasteiger charge is -2.17. The summed E-state index contributed by atoms with van der Waals surface area (Å²) in [5.41, 5.74) is 3.15. The molecular formula is C20H29N3O2S. The van der Waals surface area contributed by atoms with E-state index >= 15 is 0 Å². The molecule has 0 amide bonds. The standard InChI is InChI=1S/C18H23N3O2S.C2H6/c1-2-14-5-3-7-17(13-14)24(22,23)20-12-10-16-9-8-15-6-4-11-19-18(15)21-16;1-2/h3,5,7-9,13,20H,2,4,6,10-12H2,1H3,(H,19,21);1-2H3. The minimum absolute atomic E-state index is 0.321. The number of sulfonamides is 1. The van der Waals surface area contributed by atoms with Crippen molar-refractivity contribution in [2.45, 2.75) is 51.3 Å². The van der Waals surface area contributed by atoms with Crippen LogP contribution in [0.1, 0.15) is 44.0 Å². The summed E-state index contributed by atoms with van der Waals surface area (Å²) in [5.74, 6) is 0.942. The molecule has 0 unspecified atom stereocenters. The molecule has 3 rings (SSSR count). The highest BCUT2D eigenvalue weighted by Gasteiger charge is 2.14. The molecule has 0 spiro atoms. The highest BCUT2D eigenvalue weighted by molar-refractivity contribution is 7.89. The quantitative estimate of drug-likeness (QED) is 0.810. The summed E-state index contributed by atoms with van der Waals surface area (Å²) in [5, 5.41) is 3.30. The number of hydrogen-bond acceptors (Lipinski definition) is 4. The zero-order chi connectivity index (χ0) is 19.0. The summed E-state index contributed by atoms with van der Waals surface area (Å²) in [6.45, 7) is 7.29. The normalized spacial score (nSPS) is 13.2. The summed E-state index contributed by atoms with van der Waals surface area (Å²) < 4.78 is 27.4. The van der Waals surface area contributed by atoms with Crippen LogP contribution in [-0.2, 0) is 29.3 Å². The van der Waals surface area contributed by atoms with Crippen molar-refractivity contribution in [3.63, 3.8) is 0 Å². The van der Waals surface area contributed by atoms with Gasteiger partial charge in [-0.15, -0.1) is 0 Å². The topological polar surface area (TPSA) is 71.1 Å². The third kappa shape index (κ3) is 5.29. The molecule has 0 saturated heterocycles. The highest BCUT2D eigenvalue weighted by atomic mass is 32.2. The van der Waals surface area contributed by atoms with Crippen LogP contribution in [0.25, 0.3) is 0 Å². The fourth-order valence-electron chi connectivity index (χ4n) is 2.84. The van der Waals surface area contributed by atoms with Gasteiger partial charge in [-0.05, 0) is 48.6 Å². The number of aromatic nitrogens is 1. The van der Waals surface area contributed by atoms with Gasteiger partial charge in [-0.1, -0.05) is 39.0 Å². The molecule has 0 fully saturated rings. The molecule has 1 aromatic heterocycles. The van der Waals surface area contributed by atoms with Gasteiger partial charge < -0.3 is 5.32 Å². The molecule has 142 valence electrons. The maximum atomic E-state index is 12.4. The Hall–Kier alpha value is -1.92. The number of pyridine rings is 1. The molecule has 0 saturated carbocycles. The van der Waals surface area contributed by atoms with E-state index in [1.807, 2.05) is 32.9 Å². The Balaban J connectivity index is 0.00000117. The van der Waals surface area contributed by atoms with Crippen LogP contribution in [0, 0.1) is 0 Å². The van der Waals surface area contributed by atoms with E-state index in [4.69, 9.17) is 0 Å². The number of benzene rings is 1. The molecule has 5 nitrogen and oxygen atoms in total. The summed E-state index contributed by atoms with van der Waals surface area (Å²) in [6.07, 6.45) is 3.57. The monoisotopic (exact) mass is 375 g/mol. The van der Waals surface area contributed by atoms with Gasteiger partial charge in [0.2, 0.25) is 10.0 Å². The number of anilines is 1. The van der Waals surface area contributed by atoms with Crippen LogP contribution in [0.4, 0.5) is 5.82 Å². The molecule has 0 atom stereocenters. The van der Waals surface area contributed by atoms with Crippen LogP contribution in [0.3, 0.4) is 0 Å². The predicted molar refractivity (Wildman–Crippen MR) is 107 cm³/mol. The van der Waals surface area contributed by atoms with Gasteiger partial charge in [-0.2, -0.15) is 0 Å². The minimum Gasteiger partial charge on any atom is -0.370 e. The Bertz CT molecular complexity index is 820. The average Bonchev–Trinajstić information content (AvgIpc) is 2.69. The SMILES string of the molecule is CC.CCc1cccc(S(=O)(=O)NCCc2ccc3c(n2)NCCC3)c1. The van der Waals surface area contributed by atoms with Crippen molar-refractivity contribution in [1.82, 2.24) is 9.71 Å². The van der Waals surface area contributed by atoms with Crippen molar-refractivity contribution in [1.29, 1.82) is 0 Å². The molecular weight excluding hydrogens is 346 g/mol. The van der Waals surface area contributed by atoms with Crippen molar-refractivity contribution in [3.05, 3.63) is 53.2 Å². The van der Waals surface area contributed by atoms with Crippen molar-refractivity contribution >= 4 is 15.8 Å². The molecule has 2 aromatic rings. The molecule has 1 aromatic carbocycles. The fourth-order valence-corrected chi connectivity index (χ4v) is 3.94. The summed E-state index contributed by atoms with van der Waals surface area (Å²) in [4.78, 5) is 4.91. The van der Waals surface area contributed by atoms with E-state index in [1.54, 1.807) is 18.2 Å². The lowest BCUT2D eigenvalue weighted by atomic mass is 10.1. The molecule has 0 bridgehead atoms. The van der Waals surface area contributed by atoms with Gasteiger partial charge in [-0.3, -0.25) is 0 Å². The van der Waals surface area contributed by atoms with E-state index in [2.05, 4.69) is 21.1 Å². The Morgan fingerprint density at radius 1 is 1.19 bits per heavy atom. The lowest BCUT2D eigenvalue weighted by Crippen LogP contribution is -2.26. The number of rotatable bonds is 6. The van der Waals surface area contributed by atoms with E-state index in [1.165, 1.54) is 5.56 Å². The zero-order valence-corrected chi connectivity index (χ0v) is 16.7. The smallest absolute Gasteiger partial charge is 0.240 e. The molecule has 26 heavy (non-hydrogen) atoms. The molecule has 6 heteroatoms. The van der Waals surface area contributed by atoms with Crippen molar-refractivity contribution in [2.75, 3.05) is 18.4 Å². The second-order valence-corrected chi connectivity index (χ2v) is 7.76. The molecule has 0 radical (unpaired) electrons. The number of nitrogens with zero attached hydrogens (tertiary/aromatic N) is 1. The van der Waals surface area contributed by atoms with Crippen molar-refractivity contribution in [2.24, 2.45) is 0 Å². The fraction of sp³-hybridized carbons (Fsp3) is 0.450. The molecule has 1 aliphatic heterocycles. The van der Waals surface area contributed by atoms with Crippen LogP contribution < -0.4 is 10.0 Å². The van der Waals surface area contributed by atoms with E-state index in [0.717, 1.165) is 42.9 Å². The van der Waals surface area contributed by atoms with E-state index in [9.17, 15) is 8.42 Å². The molecule has 0 aliphatic carbocycles. The third-order valence-electron chi connectivity index (χ3n) is 4.24. The third-order valence-corrected chi connectivity index (χ3v) is 5.70.